The molecule has 0 aliphatic heterocycles. The molecule has 7 nitrogen and oxygen atoms in total. The topological polar surface area (TPSA) is 105 Å². The number of rotatable bonds is 4. The van der Waals surface area contributed by atoms with Crippen molar-refractivity contribution in [3.8, 4) is 0 Å². The number of carboxylic acid groups (broad SMARTS) is 1. The van der Waals surface area contributed by atoms with Crippen molar-refractivity contribution in [1.82, 2.24) is 14.8 Å². The lowest BCUT2D eigenvalue weighted by molar-refractivity contribution is -0.148. The highest BCUT2D eigenvalue weighted by Gasteiger charge is 2.30. The maximum atomic E-state index is 11.4. The van der Waals surface area contributed by atoms with Crippen molar-refractivity contribution in [3.05, 3.63) is 0 Å². The van der Waals surface area contributed by atoms with E-state index in [0.717, 1.165) is 11.5 Å². The van der Waals surface area contributed by atoms with Gasteiger partial charge in [-0.25, -0.2) is 0 Å². The molecule has 8 heteroatoms. The van der Waals surface area contributed by atoms with Crippen molar-refractivity contribution < 1.29 is 14.7 Å². The Morgan fingerprint density at radius 3 is 2.67 bits per heavy atom. The molecule has 0 aliphatic carbocycles. The molecule has 0 bridgehead atoms. The second-order valence-electron chi connectivity index (χ2n) is 3.58. The molecule has 0 atom stereocenters. The minimum atomic E-state index is -1.10. The molecule has 0 saturated carbocycles. The van der Waals surface area contributed by atoms with Crippen LogP contribution in [0.5, 0.6) is 0 Å². The number of aliphatic carboxylic acids is 1. The van der Waals surface area contributed by atoms with Crippen LogP contribution in [0.1, 0.15) is 20.3 Å². The van der Waals surface area contributed by atoms with Gasteiger partial charge in [0.1, 0.15) is 0 Å². The molecular formula is C7H10N4O3S. The van der Waals surface area contributed by atoms with Crippen LogP contribution in [0.3, 0.4) is 0 Å². The highest BCUT2D eigenvalue weighted by Crippen LogP contribution is 2.21. The van der Waals surface area contributed by atoms with Crippen LogP contribution in [-0.4, -0.2) is 31.8 Å². The number of aromatic nitrogens is 3. The second kappa shape index (κ2) is 4.30. The third kappa shape index (κ3) is 3.24. The first-order valence-corrected chi connectivity index (χ1v) is 4.87. The first-order chi connectivity index (χ1) is 6.92. The van der Waals surface area contributed by atoms with Crippen LogP contribution in [0.15, 0.2) is 0 Å². The molecule has 1 rings (SSSR count). The summed E-state index contributed by atoms with van der Waals surface area (Å²) in [5.41, 5.74) is -1.10. The number of hydrogen-bond donors (Lipinski definition) is 2. The second-order valence-corrected chi connectivity index (χ2v) is 4.31. The van der Waals surface area contributed by atoms with Crippen LogP contribution in [0.4, 0.5) is 5.13 Å². The smallest absolute Gasteiger partial charge is 0.309 e. The predicted octanol–water partition coefficient (Wildman–Crippen LogP) is 0.373. The van der Waals surface area contributed by atoms with Gasteiger partial charge in [0, 0.05) is 18.0 Å². The van der Waals surface area contributed by atoms with Gasteiger partial charge in [-0.3, -0.25) is 14.9 Å². The summed E-state index contributed by atoms with van der Waals surface area (Å²) in [5, 5.41) is 18.3. The van der Waals surface area contributed by atoms with Gasteiger partial charge in [0.2, 0.25) is 11.0 Å². The summed E-state index contributed by atoms with van der Waals surface area (Å²) in [4.78, 5) is 22.1. The highest BCUT2D eigenvalue weighted by molar-refractivity contribution is 7.09. The lowest BCUT2D eigenvalue weighted by Crippen LogP contribution is -2.29. The monoisotopic (exact) mass is 230 g/mol. The number of carbonyl (C=O) groups is 2. The maximum absolute atomic E-state index is 11.4. The normalized spacial score (nSPS) is 11.1. The summed E-state index contributed by atoms with van der Waals surface area (Å²) in [6.45, 7) is 2.96. The summed E-state index contributed by atoms with van der Waals surface area (Å²) < 4.78 is 3.46. The molecule has 0 aromatic carbocycles. The van der Waals surface area contributed by atoms with E-state index in [-0.39, 0.29) is 11.6 Å². The minimum Gasteiger partial charge on any atom is -0.481 e. The Hall–Kier alpha value is -1.57. The summed E-state index contributed by atoms with van der Waals surface area (Å²) >= 11 is 0.934. The van der Waals surface area contributed by atoms with Crippen LogP contribution in [-0.2, 0) is 9.59 Å². The molecule has 0 aliphatic rings. The molecule has 1 heterocycles. The first-order valence-electron chi connectivity index (χ1n) is 4.10. The fourth-order valence-electron chi connectivity index (χ4n) is 0.822. The average molecular weight is 230 g/mol. The molecule has 0 saturated heterocycles. The van der Waals surface area contributed by atoms with E-state index in [1.807, 2.05) is 0 Å². The zero-order chi connectivity index (χ0) is 11.5. The number of carbonyl (C=O) groups excluding carboxylic acids is 1. The van der Waals surface area contributed by atoms with E-state index in [2.05, 4.69) is 20.1 Å². The van der Waals surface area contributed by atoms with Gasteiger partial charge in [-0.2, -0.15) is 0 Å². The minimum absolute atomic E-state index is 0.123. The Labute approximate surface area is 89.7 Å². The Morgan fingerprint density at radius 2 is 2.20 bits per heavy atom. The zero-order valence-electron chi connectivity index (χ0n) is 8.22. The van der Waals surface area contributed by atoms with Crippen molar-refractivity contribution in [2.75, 3.05) is 5.32 Å². The van der Waals surface area contributed by atoms with E-state index in [9.17, 15) is 9.59 Å². The van der Waals surface area contributed by atoms with Gasteiger partial charge in [-0.05, 0) is 19.1 Å². The fraction of sp³-hybridized carbons (Fsp3) is 0.571. The van der Waals surface area contributed by atoms with E-state index in [1.54, 1.807) is 0 Å². The van der Waals surface area contributed by atoms with Gasteiger partial charge in [0.25, 0.3) is 0 Å². The Kier molecular flexibility index (Phi) is 3.30. The predicted molar refractivity (Wildman–Crippen MR) is 52.4 cm³/mol. The van der Waals surface area contributed by atoms with Gasteiger partial charge in [-0.15, -0.1) is 0 Å². The van der Waals surface area contributed by atoms with Crippen molar-refractivity contribution in [1.29, 1.82) is 0 Å². The fourth-order valence-corrected chi connectivity index (χ4v) is 1.21. The number of nitrogens with zero attached hydrogens (tertiary/aromatic N) is 3. The number of carboxylic acids is 1. The van der Waals surface area contributed by atoms with E-state index >= 15 is 0 Å². The van der Waals surface area contributed by atoms with Gasteiger partial charge >= 0.3 is 5.97 Å². The largest absolute Gasteiger partial charge is 0.481 e. The molecule has 0 fully saturated rings. The standard InChI is InChI=1S/C7H10N4O3S/c1-7(2,5(13)14)3-4(12)8-6-9-10-11-15-6/h3H2,1-2H3,(H,13,14)(H,8,9,11,12). The van der Waals surface area contributed by atoms with E-state index < -0.39 is 17.3 Å². The third-order valence-corrected chi connectivity index (χ3v) is 2.24. The third-order valence-electron chi connectivity index (χ3n) is 1.73. The van der Waals surface area contributed by atoms with E-state index in [1.165, 1.54) is 13.8 Å². The molecule has 1 aromatic rings. The van der Waals surface area contributed by atoms with Crippen LogP contribution in [0.25, 0.3) is 0 Å². The summed E-state index contributed by atoms with van der Waals surface area (Å²) in [7, 11) is 0. The van der Waals surface area contributed by atoms with Gasteiger partial charge < -0.3 is 5.11 Å². The number of anilines is 1. The summed E-state index contributed by atoms with van der Waals surface area (Å²) in [5.74, 6) is -1.44. The zero-order valence-corrected chi connectivity index (χ0v) is 9.04. The van der Waals surface area contributed by atoms with Crippen LogP contribution in [0.2, 0.25) is 0 Å². The lowest BCUT2D eigenvalue weighted by Gasteiger charge is -2.17. The van der Waals surface area contributed by atoms with Crippen LogP contribution in [0, 0.1) is 5.41 Å². The average Bonchev–Trinajstić information content (AvgIpc) is 2.54. The van der Waals surface area contributed by atoms with Crippen molar-refractivity contribution in [2.45, 2.75) is 20.3 Å². The van der Waals surface area contributed by atoms with Crippen LogP contribution < -0.4 is 5.32 Å². The first kappa shape index (κ1) is 11.5. The number of hydrogen-bond acceptors (Lipinski definition) is 6. The van der Waals surface area contributed by atoms with E-state index in [4.69, 9.17) is 5.11 Å². The quantitative estimate of drug-likeness (QED) is 0.774. The molecule has 82 valence electrons. The van der Waals surface area contributed by atoms with Crippen LogP contribution >= 0.6 is 11.5 Å². The molecule has 1 aromatic heterocycles. The maximum Gasteiger partial charge on any atom is 0.309 e. The summed E-state index contributed by atoms with van der Waals surface area (Å²) in [6, 6.07) is 0. The molecule has 1 amide bonds. The Morgan fingerprint density at radius 1 is 1.53 bits per heavy atom. The highest BCUT2D eigenvalue weighted by atomic mass is 32.1. The Balaban J connectivity index is 2.53. The van der Waals surface area contributed by atoms with Gasteiger partial charge in [0.15, 0.2) is 0 Å². The molecule has 0 unspecified atom stereocenters. The Bertz CT molecular complexity index is 362. The molecule has 0 spiro atoms. The molecule has 15 heavy (non-hydrogen) atoms. The SMILES string of the molecule is CC(C)(CC(=O)Nc1nnns1)C(=O)O. The van der Waals surface area contributed by atoms with Gasteiger partial charge in [0.05, 0.1) is 5.41 Å². The van der Waals surface area contributed by atoms with Crippen molar-refractivity contribution >= 4 is 28.5 Å². The summed E-state index contributed by atoms with van der Waals surface area (Å²) in [6.07, 6.45) is -0.123. The van der Waals surface area contributed by atoms with Crippen molar-refractivity contribution in [3.63, 3.8) is 0 Å². The molecule has 0 radical (unpaired) electrons. The number of amides is 1. The molecule has 2 N–H and O–H groups in total. The number of nitrogens with one attached hydrogen (secondary N) is 1. The lowest BCUT2D eigenvalue weighted by atomic mass is 9.89. The van der Waals surface area contributed by atoms with E-state index in [0.29, 0.717) is 0 Å². The van der Waals surface area contributed by atoms with Crippen molar-refractivity contribution in [2.24, 2.45) is 5.41 Å². The van der Waals surface area contributed by atoms with Gasteiger partial charge in [-0.1, -0.05) is 9.59 Å². The molecular weight excluding hydrogens is 220 g/mol.